The molecule has 0 fully saturated rings. The molecule has 0 saturated heterocycles. The molecule has 0 saturated carbocycles. The number of halogens is 18. The van der Waals surface area contributed by atoms with Crippen LogP contribution in [0.4, 0.5) is 90.4 Å². The van der Waals surface area contributed by atoms with Crippen LogP contribution in [0.3, 0.4) is 0 Å². The molecule has 4 N–H and O–H groups in total. The molecule has 2 aromatic heterocycles. The number of anilines is 2. The fourth-order valence-corrected chi connectivity index (χ4v) is 7.85. The second-order valence-corrected chi connectivity index (χ2v) is 15.2. The van der Waals surface area contributed by atoms with E-state index in [0.717, 1.165) is 48.5 Å². The van der Waals surface area contributed by atoms with Gasteiger partial charge in [-0.3, -0.25) is 19.2 Å². The van der Waals surface area contributed by atoms with Crippen molar-refractivity contribution in [1.82, 2.24) is 9.13 Å². The molecule has 0 bridgehead atoms. The van der Waals surface area contributed by atoms with E-state index in [1.807, 2.05) is 0 Å². The van der Waals surface area contributed by atoms with Crippen LogP contribution in [0.15, 0.2) is 67.7 Å². The van der Waals surface area contributed by atoms with Crippen molar-refractivity contribution in [1.29, 1.82) is 0 Å². The molecule has 9 rings (SSSR count). The van der Waals surface area contributed by atoms with Gasteiger partial charge in [0.25, 0.3) is 22.2 Å². The normalized spacial score (nSPS) is 11.7. The Kier molecular flexibility index (Phi) is 11.6. The highest BCUT2D eigenvalue weighted by atomic mass is 19.2. The summed E-state index contributed by atoms with van der Waals surface area (Å²) in [5, 5.41) is -7.56. The molecule has 0 aliphatic carbocycles. The third-order valence-corrected chi connectivity index (χ3v) is 11.2. The van der Waals surface area contributed by atoms with Crippen LogP contribution >= 0.6 is 0 Å². The third-order valence-electron chi connectivity index (χ3n) is 11.2. The molecule has 10 nitrogen and oxygen atoms in total. The Morgan fingerprint density at radius 1 is 0.270 bits per heavy atom. The van der Waals surface area contributed by atoms with Gasteiger partial charge >= 0.3 is 0 Å². The monoisotopic (exact) mass is 1060 g/mol. The lowest BCUT2D eigenvalue weighted by molar-refractivity contribution is 0.310. The number of nitrogens with zero attached hydrogens (tertiary/aromatic N) is 2. The van der Waals surface area contributed by atoms with Crippen LogP contribution in [0, 0.1) is 105 Å². The number of fused-ring (bicyclic) bond motifs is 2. The van der Waals surface area contributed by atoms with Gasteiger partial charge in [-0.1, -0.05) is 0 Å². The Bertz CT molecular complexity index is 3820. The largest absolute Gasteiger partial charge is 0.445 e. The number of hydrogen-bond acceptors (Lipinski definition) is 8. The van der Waals surface area contributed by atoms with Gasteiger partial charge in [-0.25, -0.2) is 61.8 Å². The lowest BCUT2D eigenvalue weighted by Crippen LogP contribution is -2.24. The average molecular weight is 1060 g/mol. The Morgan fingerprint density at radius 3 is 0.716 bits per heavy atom. The highest BCUT2D eigenvalue weighted by molar-refractivity contribution is 6.21. The first-order valence-corrected chi connectivity index (χ1v) is 19.6. The van der Waals surface area contributed by atoms with Crippen molar-refractivity contribution >= 4 is 32.9 Å². The van der Waals surface area contributed by atoms with Crippen LogP contribution in [-0.2, 0) is 0 Å². The summed E-state index contributed by atoms with van der Waals surface area (Å²) in [6, 6.07) is 6.95. The highest BCUT2D eigenvalue weighted by Gasteiger charge is 2.41. The number of nitrogens with two attached hydrogens (primary N) is 2. The number of benzene rings is 7. The van der Waals surface area contributed by atoms with Gasteiger partial charge in [0.05, 0.1) is 44.0 Å². The fourth-order valence-electron chi connectivity index (χ4n) is 7.85. The second kappa shape index (κ2) is 17.2. The molecule has 0 unspecified atom stereocenters. The topological polar surface area (TPSA) is 149 Å². The number of ether oxygens (including phenoxy) is 2. The van der Waals surface area contributed by atoms with E-state index >= 15 is 35.1 Å². The molecule has 2 heterocycles. The smallest absolute Gasteiger partial charge is 0.266 e. The van der Waals surface area contributed by atoms with Gasteiger partial charge in [0.15, 0.2) is 34.9 Å². The minimum atomic E-state index is -3.07. The maximum Gasteiger partial charge on any atom is 0.266 e. The molecule has 7 aromatic carbocycles. The van der Waals surface area contributed by atoms with Crippen LogP contribution < -0.4 is 43.2 Å². The van der Waals surface area contributed by atoms with E-state index in [1.165, 1.54) is 0 Å². The molecular weight excluding hydrogens is 1050 g/mol. The predicted molar refractivity (Wildman–Crippen MR) is 220 cm³/mol. The van der Waals surface area contributed by atoms with Crippen LogP contribution in [0.25, 0.3) is 55.2 Å². The Hall–Kier alpha value is -9.24. The van der Waals surface area contributed by atoms with Crippen molar-refractivity contribution < 1.29 is 88.5 Å². The zero-order valence-corrected chi connectivity index (χ0v) is 34.9. The molecule has 9 aromatic rings. The summed E-state index contributed by atoms with van der Waals surface area (Å²) < 4.78 is 283. The molecule has 0 aliphatic rings. The van der Waals surface area contributed by atoms with Gasteiger partial charge in [0.2, 0.25) is 92.8 Å². The zero-order chi connectivity index (χ0) is 54.2. The van der Waals surface area contributed by atoms with Crippen LogP contribution in [0.1, 0.15) is 0 Å². The van der Waals surface area contributed by atoms with E-state index in [0.29, 0.717) is 0 Å². The molecule has 74 heavy (non-hydrogen) atoms. The molecule has 28 heteroatoms. The first-order valence-electron chi connectivity index (χ1n) is 19.6. The number of aromatic nitrogens is 2. The van der Waals surface area contributed by atoms with Gasteiger partial charge in [0.1, 0.15) is 0 Å². The molecule has 0 radical (unpaired) electrons. The molecule has 378 valence electrons. The van der Waals surface area contributed by atoms with Gasteiger partial charge in [-0.05, 0) is 48.5 Å². The van der Waals surface area contributed by atoms with Crippen molar-refractivity contribution in [2.45, 2.75) is 0 Å². The van der Waals surface area contributed by atoms with Gasteiger partial charge in [-0.15, -0.1) is 0 Å². The molecule has 0 amide bonds. The van der Waals surface area contributed by atoms with E-state index in [-0.39, 0.29) is 20.5 Å². The Labute approximate surface area is 393 Å². The van der Waals surface area contributed by atoms with Crippen molar-refractivity contribution in [3.8, 4) is 56.6 Å². The average Bonchev–Trinajstić information content (AvgIpc) is 3.79. The number of hydrogen-bond donors (Lipinski definition) is 2. The molecule has 0 spiro atoms. The third kappa shape index (κ3) is 6.86. The second-order valence-electron chi connectivity index (χ2n) is 15.2. The van der Waals surface area contributed by atoms with Crippen molar-refractivity contribution in [2.24, 2.45) is 0 Å². The lowest BCUT2D eigenvalue weighted by Gasteiger charge is -2.18. The van der Waals surface area contributed by atoms with E-state index in [2.05, 4.69) is 9.47 Å². The maximum absolute atomic E-state index is 17.2. The quantitative estimate of drug-likeness (QED) is 0.0661. The first-order chi connectivity index (χ1) is 34.8. The SMILES string of the molecule is Nc1ccc(-n2c(=O)c3c(-c4c(F)c(F)c(F)c(Oc5c(F)c(F)c(F)c(F)c5F)c4F)c4c(=O)n(-c5ccc(N)cc5)c(=O)c4c(-c4c(F)c(F)c(F)c(Oc5c(F)c(F)c(F)c(F)c5F)c4F)c3c2=O)cc1. The summed E-state index contributed by atoms with van der Waals surface area (Å²) in [6.07, 6.45) is 0. The summed E-state index contributed by atoms with van der Waals surface area (Å²) >= 11 is 0. The Morgan fingerprint density at radius 2 is 0.473 bits per heavy atom. The summed E-state index contributed by atoms with van der Waals surface area (Å²) in [7, 11) is 0. The van der Waals surface area contributed by atoms with Crippen molar-refractivity contribution in [3.05, 3.63) is 195 Å². The van der Waals surface area contributed by atoms with Gasteiger partial charge in [-0.2, -0.15) is 26.3 Å². The van der Waals surface area contributed by atoms with Crippen molar-refractivity contribution in [2.75, 3.05) is 11.5 Å². The van der Waals surface area contributed by atoms with E-state index in [9.17, 15) is 63.1 Å². The van der Waals surface area contributed by atoms with Gasteiger partial charge in [0, 0.05) is 22.5 Å². The minimum absolute atomic E-state index is 0.122. The van der Waals surface area contributed by atoms with Crippen LogP contribution in [0.2, 0.25) is 0 Å². The maximum atomic E-state index is 17.2. The van der Waals surface area contributed by atoms with E-state index in [4.69, 9.17) is 11.5 Å². The molecule has 0 aliphatic heterocycles. The zero-order valence-electron chi connectivity index (χ0n) is 34.9. The van der Waals surface area contributed by atoms with E-state index < -0.39 is 205 Å². The molecular formula is C46H12F18N4O6. The fraction of sp³-hybridized carbons (Fsp3) is 0. The highest BCUT2D eigenvalue weighted by Crippen LogP contribution is 2.49. The number of nitrogen functional groups attached to an aromatic ring is 2. The Balaban J connectivity index is 1.54. The van der Waals surface area contributed by atoms with Gasteiger partial charge < -0.3 is 20.9 Å². The summed E-state index contributed by atoms with van der Waals surface area (Å²) in [5.74, 6) is -63.9. The van der Waals surface area contributed by atoms with Crippen LogP contribution in [-0.4, -0.2) is 9.13 Å². The van der Waals surface area contributed by atoms with Crippen molar-refractivity contribution in [3.63, 3.8) is 0 Å². The lowest BCUT2D eigenvalue weighted by atomic mass is 9.88. The van der Waals surface area contributed by atoms with Crippen LogP contribution in [0.5, 0.6) is 23.0 Å². The summed E-state index contributed by atoms with van der Waals surface area (Å²) in [4.78, 5) is 59.3. The number of rotatable bonds is 8. The minimum Gasteiger partial charge on any atom is -0.445 e. The standard InChI is InChI=1S/C46H12F18N4O6/c47-21-19(23(49)39(33(59)25(21)51)73-41-35(61)29(55)27(53)30(56)36(41)62)13-15-16(44(70)67(43(15)69)11-5-1-9(65)2-6-11)14(18-17(13)45(71)68(46(18)72)12-7-3-10(66)4-8-12)20-22(48)26(52)34(60)40(24(20)50)74-42-37(63)31(57)28(54)32(58)38(42)64/h1-8H,65-66H2. The molecule has 0 atom stereocenters. The summed E-state index contributed by atoms with van der Waals surface area (Å²) in [5.41, 5.74) is -7.64. The summed E-state index contributed by atoms with van der Waals surface area (Å²) in [6.45, 7) is 0. The first kappa shape index (κ1) is 49.7. The predicted octanol–water partition coefficient (Wildman–Crippen LogP) is 10.5. The van der Waals surface area contributed by atoms with E-state index in [1.54, 1.807) is 0 Å².